The van der Waals surface area contributed by atoms with Crippen molar-refractivity contribution in [1.29, 1.82) is 0 Å². The molecule has 0 aliphatic rings. The van der Waals surface area contributed by atoms with Gasteiger partial charge in [-0.25, -0.2) is 4.79 Å². The van der Waals surface area contributed by atoms with Gasteiger partial charge in [0.1, 0.15) is 11.3 Å². The minimum Gasteiger partial charge on any atom is -0.495 e. The number of rotatable bonds is 4. The average molecular weight is 293 g/mol. The van der Waals surface area contributed by atoms with Gasteiger partial charge in [-0.1, -0.05) is 11.6 Å². The Balaban J connectivity index is 2.36. The van der Waals surface area contributed by atoms with Gasteiger partial charge in [-0.2, -0.15) is 0 Å². The smallest absolute Gasteiger partial charge is 0.339 e. The van der Waals surface area contributed by atoms with E-state index in [9.17, 15) is 4.79 Å². The Kier molecular flexibility index (Phi) is 4.10. The molecule has 1 aromatic carbocycles. The van der Waals surface area contributed by atoms with Crippen molar-refractivity contribution in [3.63, 3.8) is 0 Å². The monoisotopic (exact) mass is 292 g/mol. The number of anilines is 2. The van der Waals surface area contributed by atoms with Gasteiger partial charge >= 0.3 is 5.97 Å². The molecule has 2 N–H and O–H groups in total. The molecule has 0 unspecified atom stereocenters. The van der Waals surface area contributed by atoms with Gasteiger partial charge < -0.3 is 15.2 Å². The van der Waals surface area contributed by atoms with E-state index in [1.807, 2.05) is 0 Å². The molecule has 20 heavy (non-hydrogen) atoms. The number of benzene rings is 1. The van der Waals surface area contributed by atoms with Gasteiger partial charge in [0.2, 0.25) is 0 Å². The SMILES string of the molecule is COc1ccc(Nc2cc(C)ncc2C(=O)O)cc1Cl. The first-order chi connectivity index (χ1) is 9.51. The molecule has 0 saturated carbocycles. The van der Waals surface area contributed by atoms with Crippen LogP contribution in [0.3, 0.4) is 0 Å². The van der Waals surface area contributed by atoms with Crippen molar-refractivity contribution in [1.82, 2.24) is 4.98 Å². The lowest BCUT2D eigenvalue weighted by Gasteiger charge is -2.11. The fourth-order valence-electron chi connectivity index (χ4n) is 1.73. The summed E-state index contributed by atoms with van der Waals surface area (Å²) in [6, 6.07) is 6.80. The highest BCUT2D eigenvalue weighted by molar-refractivity contribution is 6.32. The Morgan fingerprint density at radius 2 is 2.15 bits per heavy atom. The van der Waals surface area contributed by atoms with E-state index in [4.69, 9.17) is 21.4 Å². The van der Waals surface area contributed by atoms with Crippen LogP contribution in [0.1, 0.15) is 16.1 Å². The number of ether oxygens (including phenoxy) is 1. The quantitative estimate of drug-likeness (QED) is 0.902. The molecule has 6 heteroatoms. The maximum absolute atomic E-state index is 11.2. The number of halogens is 1. The van der Waals surface area contributed by atoms with Gasteiger partial charge in [-0.15, -0.1) is 0 Å². The highest BCUT2D eigenvalue weighted by Gasteiger charge is 2.12. The first kappa shape index (κ1) is 14.1. The summed E-state index contributed by atoms with van der Waals surface area (Å²) >= 11 is 6.04. The molecule has 0 atom stereocenters. The lowest BCUT2D eigenvalue weighted by Crippen LogP contribution is -2.04. The number of aryl methyl sites for hydroxylation is 1. The summed E-state index contributed by atoms with van der Waals surface area (Å²) in [7, 11) is 1.53. The second-order valence-electron chi connectivity index (χ2n) is 4.15. The predicted octanol–water partition coefficient (Wildman–Crippen LogP) is 3.49. The lowest BCUT2D eigenvalue weighted by atomic mass is 10.2. The Morgan fingerprint density at radius 1 is 1.40 bits per heavy atom. The Labute approximate surface area is 121 Å². The number of carboxylic acids is 1. The van der Waals surface area contributed by atoms with Crippen molar-refractivity contribution in [3.05, 3.63) is 46.7 Å². The Morgan fingerprint density at radius 3 is 2.75 bits per heavy atom. The predicted molar refractivity (Wildman–Crippen MR) is 77.2 cm³/mol. The molecule has 2 aromatic rings. The van der Waals surface area contributed by atoms with Gasteiger partial charge in [-0.05, 0) is 31.2 Å². The highest BCUT2D eigenvalue weighted by Crippen LogP contribution is 2.29. The molecular formula is C14H13ClN2O3. The van der Waals surface area contributed by atoms with Crippen molar-refractivity contribution in [2.24, 2.45) is 0 Å². The topological polar surface area (TPSA) is 71.5 Å². The fourth-order valence-corrected chi connectivity index (χ4v) is 1.99. The Bertz CT molecular complexity index is 659. The maximum Gasteiger partial charge on any atom is 0.339 e. The molecule has 104 valence electrons. The van der Waals surface area contributed by atoms with E-state index in [-0.39, 0.29) is 5.56 Å². The summed E-state index contributed by atoms with van der Waals surface area (Å²) in [5, 5.41) is 12.6. The van der Waals surface area contributed by atoms with Crippen LogP contribution in [0.4, 0.5) is 11.4 Å². The standard InChI is InChI=1S/C14H13ClN2O3/c1-8-5-12(10(7-16-8)14(18)19)17-9-3-4-13(20-2)11(15)6-9/h3-7H,1-2H3,(H,16,17)(H,18,19). The number of nitrogens with zero attached hydrogens (tertiary/aromatic N) is 1. The van der Waals surface area contributed by atoms with Crippen molar-refractivity contribution in [2.75, 3.05) is 12.4 Å². The lowest BCUT2D eigenvalue weighted by molar-refractivity contribution is 0.0697. The second kappa shape index (κ2) is 5.79. The minimum absolute atomic E-state index is 0.0996. The molecule has 1 aromatic heterocycles. The van der Waals surface area contributed by atoms with Gasteiger partial charge in [-0.3, -0.25) is 4.98 Å². The summed E-state index contributed by atoms with van der Waals surface area (Å²) in [5.74, 6) is -0.485. The number of aromatic nitrogens is 1. The van der Waals surface area contributed by atoms with Crippen LogP contribution in [0.5, 0.6) is 5.75 Å². The van der Waals surface area contributed by atoms with Crippen LogP contribution in [-0.4, -0.2) is 23.2 Å². The molecule has 0 fully saturated rings. The van der Waals surface area contributed by atoms with Crippen molar-refractivity contribution < 1.29 is 14.6 Å². The van der Waals surface area contributed by atoms with Crippen LogP contribution in [0, 0.1) is 6.92 Å². The molecule has 5 nitrogen and oxygen atoms in total. The van der Waals surface area contributed by atoms with Gasteiger partial charge in [0, 0.05) is 17.6 Å². The summed E-state index contributed by atoms with van der Waals surface area (Å²) < 4.78 is 5.07. The molecule has 0 bridgehead atoms. The van der Waals surface area contributed by atoms with Gasteiger partial charge in [0.05, 0.1) is 17.8 Å². The summed E-state index contributed by atoms with van der Waals surface area (Å²) in [5.41, 5.74) is 1.95. The van der Waals surface area contributed by atoms with Crippen molar-refractivity contribution >= 4 is 28.9 Å². The zero-order chi connectivity index (χ0) is 14.7. The van der Waals surface area contributed by atoms with E-state index >= 15 is 0 Å². The van der Waals surface area contributed by atoms with Crippen LogP contribution >= 0.6 is 11.6 Å². The number of hydrogen-bond donors (Lipinski definition) is 2. The van der Waals surface area contributed by atoms with Gasteiger partial charge in [0.15, 0.2) is 0 Å². The first-order valence-electron chi connectivity index (χ1n) is 5.81. The van der Waals surface area contributed by atoms with Gasteiger partial charge in [0.25, 0.3) is 0 Å². The molecule has 2 rings (SSSR count). The van der Waals surface area contributed by atoms with E-state index in [2.05, 4.69) is 10.3 Å². The van der Waals surface area contributed by atoms with Crippen molar-refractivity contribution in [2.45, 2.75) is 6.92 Å². The zero-order valence-electron chi connectivity index (χ0n) is 11.0. The molecule has 0 aliphatic carbocycles. The third-order valence-corrected chi connectivity index (χ3v) is 3.00. The summed E-state index contributed by atoms with van der Waals surface area (Å²) in [4.78, 5) is 15.1. The number of pyridine rings is 1. The third kappa shape index (κ3) is 3.00. The molecule has 0 radical (unpaired) electrons. The normalized spacial score (nSPS) is 10.2. The van der Waals surface area contributed by atoms with Crippen molar-refractivity contribution in [3.8, 4) is 5.75 Å². The third-order valence-electron chi connectivity index (χ3n) is 2.70. The molecule has 0 aliphatic heterocycles. The maximum atomic E-state index is 11.2. The highest BCUT2D eigenvalue weighted by atomic mass is 35.5. The minimum atomic E-state index is -1.04. The Hall–Kier alpha value is -2.27. The van der Waals surface area contributed by atoms with E-state index in [0.29, 0.717) is 22.1 Å². The summed E-state index contributed by atoms with van der Waals surface area (Å²) in [6.07, 6.45) is 1.32. The fraction of sp³-hybridized carbons (Fsp3) is 0.143. The molecule has 0 spiro atoms. The first-order valence-corrected chi connectivity index (χ1v) is 6.19. The van der Waals surface area contributed by atoms with Crippen LogP contribution in [0.25, 0.3) is 0 Å². The molecule has 0 saturated heterocycles. The van der Waals surface area contributed by atoms with Crippen LogP contribution in [0.2, 0.25) is 5.02 Å². The van der Waals surface area contributed by atoms with Crippen LogP contribution in [-0.2, 0) is 0 Å². The number of aromatic carboxylic acids is 1. The number of nitrogens with one attached hydrogen (secondary N) is 1. The van der Waals surface area contributed by atoms with E-state index in [1.54, 1.807) is 31.2 Å². The average Bonchev–Trinajstić information content (AvgIpc) is 2.38. The second-order valence-corrected chi connectivity index (χ2v) is 4.56. The number of hydrogen-bond acceptors (Lipinski definition) is 4. The van der Waals surface area contributed by atoms with E-state index in [0.717, 1.165) is 5.69 Å². The largest absolute Gasteiger partial charge is 0.495 e. The number of carbonyl (C=O) groups is 1. The van der Waals surface area contributed by atoms with Crippen LogP contribution < -0.4 is 10.1 Å². The molecule has 1 heterocycles. The van der Waals surface area contributed by atoms with E-state index < -0.39 is 5.97 Å². The molecular weight excluding hydrogens is 280 g/mol. The van der Waals surface area contributed by atoms with Crippen LogP contribution in [0.15, 0.2) is 30.5 Å². The molecule has 0 amide bonds. The number of methoxy groups -OCH3 is 1. The zero-order valence-corrected chi connectivity index (χ0v) is 11.7. The number of carboxylic acid groups (broad SMARTS) is 1. The summed E-state index contributed by atoms with van der Waals surface area (Å²) in [6.45, 7) is 1.79. The van der Waals surface area contributed by atoms with E-state index in [1.165, 1.54) is 13.3 Å².